The lowest BCUT2D eigenvalue weighted by atomic mass is 10.1. The van der Waals surface area contributed by atoms with Crippen molar-refractivity contribution in [2.24, 2.45) is 0 Å². The highest BCUT2D eigenvalue weighted by Gasteiger charge is 2.17. The number of anilines is 1. The van der Waals surface area contributed by atoms with Gasteiger partial charge in [0.1, 0.15) is 17.3 Å². The van der Waals surface area contributed by atoms with E-state index in [-0.39, 0.29) is 17.2 Å². The van der Waals surface area contributed by atoms with Gasteiger partial charge in [0.25, 0.3) is 5.91 Å². The van der Waals surface area contributed by atoms with E-state index in [0.29, 0.717) is 13.1 Å². The summed E-state index contributed by atoms with van der Waals surface area (Å²) >= 11 is 0. The van der Waals surface area contributed by atoms with Gasteiger partial charge in [-0.2, -0.15) is 0 Å². The number of hydrogen-bond acceptors (Lipinski definition) is 2. The minimum absolute atomic E-state index is 0.0423. The second kappa shape index (κ2) is 7.82. The lowest BCUT2D eigenvalue weighted by molar-refractivity contribution is 0.0792. The van der Waals surface area contributed by atoms with Gasteiger partial charge in [0.2, 0.25) is 0 Å². The van der Waals surface area contributed by atoms with Gasteiger partial charge >= 0.3 is 0 Å². The maximum absolute atomic E-state index is 13.8. The van der Waals surface area contributed by atoms with Crippen LogP contribution in [0.25, 0.3) is 0 Å². The molecule has 0 bridgehead atoms. The van der Waals surface area contributed by atoms with E-state index in [1.165, 1.54) is 4.90 Å². The number of nitrogens with one attached hydrogen (secondary N) is 1. The van der Waals surface area contributed by atoms with Crippen LogP contribution in [0.15, 0.2) is 12.1 Å². The van der Waals surface area contributed by atoms with Crippen molar-refractivity contribution in [1.82, 2.24) is 4.90 Å². The van der Waals surface area contributed by atoms with Crippen LogP contribution in [-0.4, -0.2) is 30.9 Å². The number of rotatable bonds is 7. The average molecular weight is 284 g/mol. The van der Waals surface area contributed by atoms with Crippen molar-refractivity contribution < 1.29 is 13.6 Å². The predicted octanol–water partition coefficient (Wildman–Crippen LogP) is 3.66. The molecule has 0 atom stereocenters. The van der Waals surface area contributed by atoms with Crippen molar-refractivity contribution >= 4 is 11.6 Å². The predicted molar refractivity (Wildman–Crippen MR) is 77.0 cm³/mol. The topological polar surface area (TPSA) is 32.3 Å². The molecule has 0 saturated carbocycles. The number of benzene rings is 1. The van der Waals surface area contributed by atoms with Gasteiger partial charge in [0.05, 0.1) is 0 Å². The molecule has 0 aliphatic rings. The lowest BCUT2D eigenvalue weighted by Crippen LogP contribution is -2.28. The van der Waals surface area contributed by atoms with Gasteiger partial charge in [-0.05, 0) is 25.0 Å². The molecule has 20 heavy (non-hydrogen) atoms. The van der Waals surface area contributed by atoms with Crippen molar-refractivity contribution in [2.75, 3.05) is 25.5 Å². The van der Waals surface area contributed by atoms with Crippen LogP contribution in [0.5, 0.6) is 0 Å². The summed E-state index contributed by atoms with van der Waals surface area (Å²) in [5.74, 6) is -1.82. The van der Waals surface area contributed by atoms with Crippen LogP contribution >= 0.6 is 0 Å². The second-order valence-corrected chi connectivity index (χ2v) is 4.82. The first-order valence-corrected chi connectivity index (χ1v) is 6.99. The third kappa shape index (κ3) is 4.18. The Balaban J connectivity index is 2.89. The van der Waals surface area contributed by atoms with Crippen LogP contribution < -0.4 is 5.32 Å². The summed E-state index contributed by atoms with van der Waals surface area (Å²) in [5.41, 5.74) is -0.125. The second-order valence-electron chi connectivity index (χ2n) is 4.82. The SMILES string of the molecule is CCCCN(C)C(=O)c1cc(F)c(NCCC)c(F)c1. The summed E-state index contributed by atoms with van der Waals surface area (Å²) in [6.07, 6.45) is 2.59. The molecule has 0 fully saturated rings. The fraction of sp³-hybridized carbons (Fsp3) is 0.533. The highest BCUT2D eigenvalue weighted by molar-refractivity contribution is 5.94. The lowest BCUT2D eigenvalue weighted by Gasteiger charge is -2.17. The molecule has 0 saturated heterocycles. The minimum Gasteiger partial charge on any atom is -0.380 e. The zero-order valence-corrected chi connectivity index (χ0v) is 12.3. The van der Waals surface area contributed by atoms with E-state index in [1.807, 2.05) is 13.8 Å². The molecule has 0 aliphatic carbocycles. The zero-order chi connectivity index (χ0) is 15.1. The van der Waals surface area contributed by atoms with Gasteiger partial charge in [-0.1, -0.05) is 20.3 Å². The van der Waals surface area contributed by atoms with Gasteiger partial charge in [0, 0.05) is 25.7 Å². The number of unbranched alkanes of at least 4 members (excludes halogenated alkanes) is 1. The van der Waals surface area contributed by atoms with Crippen LogP contribution in [0.4, 0.5) is 14.5 Å². The summed E-state index contributed by atoms with van der Waals surface area (Å²) < 4.78 is 27.7. The molecule has 112 valence electrons. The van der Waals surface area contributed by atoms with Crippen molar-refractivity contribution in [1.29, 1.82) is 0 Å². The number of nitrogens with zero attached hydrogens (tertiary/aromatic N) is 1. The number of halogens is 2. The molecule has 1 amide bonds. The molecule has 0 spiro atoms. The summed E-state index contributed by atoms with van der Waals surface area (Å²) in [6, 6.07) is 2.18. The number of carbonyl (C=O) groups is 1. The first-order chi connectivity index (χ1) is 9.51. The Hall–Kier alpha value is -1.65. The van der Waals surface area contributed by atoms with Gasteiger partial charge in [-0.25, -0.2) is 8.78 Å². The Kier molecular flexibility index (Phi) is 6.42. The molecule has 0 heterocycles. The number of amides is 1. The molecule has 5 heteroatoms. The van der Waals surface area contributed by atoms with Crippen molar-refractivity contribution in [2.45, 2.75) is 33.1 Å². The van der Waals surface area contributed by atoms with E-state index in [2.05, 4.69) is 5.32 Å². The highest BCUT2D eigenvalue weighted by Crippen LogP contribution is 2.21. The fourth-order valence-corrected chi connectivity index (χ4v) is 1.83. The van der Waals surface area contributed by atoms with E-state index >= 15 is 0 Å². The Labute approximate surface area is 119 Å². The quantitative estimate of drug-likeness (QED) is 0.828. The van der Waals surface area contributed by atoms with E-state index in [9.17, 15) is 13.6 Å². The van der Waals surface area contributed by atoms with Gasteiger partial charge in [0.15, 0.2) is 0 Å². The average Bonchev–Trinajstić information content (AvgIpc) is 2.42. The van der Waals surface area contributed by atoms with E-state index in [1.54, 1.807) is 7.05 Å². The van der Waals surface area contributed by atoms with Crippen LogP contribution in [0.1, 0.15) is 43.5 Å². The molecule has 0 radical (unpaired) electrons. The molecule has 0 aliphatic heterocycles. The number of hydrogen-bond donors (Lipinski definition) is 1. The molecule has 1 aromatic carbocycles. The van der Waals surface area contributed by atoms with E-state index < -0.39 is 11.6 Å². The largest absolute Gasteiger partial charge is 0.380 e. The van der Waals surface area contributed by atoms with Gasteiger partial charge in [-0.15, -0.1) is 0 Å². The molecule has 1 aromatic rings. The Morgan fingerprint density at radius 3 is 2.30 bits per heavy atom. The Morgan fingerprint density at radius 2 is 1.80 bits per heavy atom. The molecule has 0 unspecified atom stereocenters. The summed E-state index contributed by atoms with van der Waals surface area (Å²) in [6.45, 7) is 4.99. The van der Waals surface area contributed by atoms with Crippen LogP contribution in [-0.2, 0) is 0 Å². The fourth-order valence-electron chi connectivity index (χ4n) is 1.83. The first-order valence-electron chi connectivity index (χ1n) is 6.99. The standard InChI is InChI=1S/C15H22F2N2O/c1-4-6-8-19(3)15(20)11-9-12(16)14(13(17)10-11)18-7-5-2/h9-10,18H,4-8H2,1-3H3. The zero-order valence-electron chi connectivity index (χ0n) is 12.3. The first kappa shape index (κ1) is 16.4. The number of carbonyl (C=O) groups excluding carboxylic acids is 1. The van der Waals surface area contributed by atoms with Crippen molar-refractivity contribution in [3.05, 3.63) is 29.3 Å². The van der Waals surface area contributed by atoms with Crippen molar-refractivity contribution in [3.63, 3.8) is 0 Å². The van der Waals surface area contributed by atoms with Crippen LogP contribution in [0.2, 0.25) is 0 Å². The van der Waals surface area contributed by atoms with E-state index in [4.69, 9.17) is 0 Å². The summed E-state index contributed by atoms with van der Waals surface area (Å²) in [7, 11) is 1.64. The molecule has 0 aromatic heterocycles. The molecule has 1 rings (SSSR count). The summed E-state index contributed by atoms with van der Waals surface area (Å²) in [5, 5.41) is 2.69. The maximum atomic E-state index is 13.8. The molecular formula is C15H22F2N2O. The van der Waals surface area contributed by atoms with Crippen LogP contribution in [0.3, 0.4) is 0 Å². The molecular weight excluding hydrogens is 262 g/mol. The highest BCUT2D eigenvalue weighted by atomic mass is 19.1. The maximum Gasteiger partial charge on any atom is 0.253 e. The third-order valence-electron chi connectivity index (χ3n) is 3.03. The van der Waals surface area contributed by atoms with Crippen molar-refractivity contribution in [3.8, 4) is 0 Å². The van der Waals surface area contributed by atoms with Gasteiger partial charge < -0.3 is 10.2 Å². The Bertz CT molecular complexity index is 440. The van der Waals surface area contributed by atoms with E-state index in [0.717, 1.165) is 31.4 Å². The third-order valence-corrected chi connectivity index (χ3v) is 3.03. The summed E-state index contributed by atoms with van der Waals surface area (Å²) in [4.78, 5) is 13.5. The Morgan fingerprint density at radius 1 is 1.20 bits per heavy atom. The van der Waals surface area contributed by atoms with Crippen LogP contribution in [0, 0.1) is 11.6 Å². The minimum atomic E-state index is -0.731. The smallest absolute Gasteiger partial charge is 0.253 e. The molecule has 3 nitrogen and oxygen atoms in total. The monoisotopic (exact) mass is 284 g/mol. The van der Waals surface area contributed by atoms with Gasteiger partial charge in [-0.3, -0.25) is 4.79 Å². The molecule has 1 N–H and O–H groups in total. The normalized spacial score (nSPS) is 10.4.